The molecule has 2 aromatic carbocycles. The molecule has 4 rings (SSSR count). The molecule has 0 aliphatic heterocycles. The van der Waals surface area contributed by atoms with E-state index in [1.807, 2.05) is 71.6 Å². The molecule has 0 aliphatic carbocycles. The number of hydrogen-bond acceptors (Lipinski definition) is 4. The van der Waals surface area contributed by atoms with Gasteiger partial charge in [0.15, 0.2) is 0 Å². The highest BCUT2D eigenvalue weighted by molar-refractivity contribution is 6.29. The van der Waals surface area contributed by atoms with Crippen molar-refractivity contribution in [3.63, 3.8) is 0 Å². The predicted molar refractivity (Wildman–Crippen MR) is 134 cm³/mol. The SMILES string of the molecule is CCCOCCn1cc(/C(=C\c2cn(CCO)c3ccccc23)C(=O)NC=O)c2ccccc21. The van der Waals surface area contributed by atoms with Crippen molar-refractivity contribution in [2.45, 2.75) is 26.4 Å². The van der Waals surface area contributed by atoms with Crippen LogP contribution in [0.4, 0.5) is 0 Å². The molecule has 176 valence electrons. The highest BCUT2D eigenvalue weighted by atomic mass is 16.5. The number of hydrogen-bond donors (Lipinski definition) is 2. The number of para-hydroxylation sites is 2. The van der Waals surface area contributed by atoms with Gasteiger partial charge in [0, 0.05) is 70.6 Å². The van der Waals surface area contributed by atoms with Gasteiger partial charge in [-0.15, -0.1) is 0 Å². The van der Waals surface area contributed by atoms with Crippen molar-refractivity contribution in [2.24, 2.45) is 0 Å². The third kappa shape index (κ3) is 4.81. The average molecular weight is 460 g/mol. The lowest BCUT2D eigenvalue weighted by Gasteiger charge is -2.06. The zero-order valence-corrected chi connectivity index (χ0v) is 19.2. The normalized spacial score (nSPS) is 11.9. The highest BCUT2D eigenvalue weighted by Crippen LogP contribution is 2.31. The first-order chi connectivity index (χ1) is 16.7. The predicted octanol–water partition coefficient (Wildman–Crippen LogP) is 3.83. The van der Waals surface area contributed by atoms with Crippen LogP contribution in [0.2, 0.25) is 0 Å². The van der Waals surface area contributed by atoms with Crippen molar-refractivity contribution in [3.05, 3.63) is 72.1 Å². The van der Waals surface area contributed by atoms with Gasteiger partial charge in [-0.1, -0.05) is 43.3 Å². The van der Waals surface area contributed by atoms with E-state index in [1.165, 1.54) is 0 Å². The molecule has 0 aliphatic rings. The largest absolute Gasteiger partial charge is 0.395 e. The summed E-state index contributed by atoms with van der Waals surface area (Å²) in [5, 5.41) is 13.7. The maximum absolute atomic E-state index is 13.1. The molecule has 2 amide bonds. The van der Waals surface area contributed by atoms with Crippen LogP contribution in [0.15, 0.2) is 60.9 Å². The minimum Gasteiger partial charge on any atom is -0.395 e. The van der Waals surface area contributed by atoms with Crippen LogP contribution in [0.5, 0.6) is 0 Å². The van der Waals surface area contributed by atoms with Crippen molar-refractivity contribution < 1.29 is 19.4 Å². The summed E-state index contributed by atoms with van der Waals surface area (Å²) in [4.78, 5) is 24.2. The molecule has 0 fully saturated rings. The molecule has 0 radical (unpaired) electrons. The van der Waals surface area contributed by atoms with Gasteiger partial charge in [-0.3, -0.25) is 14.9 Å². The number of aromatic nitrogens is 2. The number of nitrogens with one attached hydrogen (secondary N) is 1. The molecule has 2 aromatic heterocycles. The zero-order chi connectivity index (χ0) is 23.9. The van der Waals surface area contributed by atoms with E-state index in [1.54, 1.807) is 0 Å². The Morgan fingerprint density at radius 2 is 1.65 bits per heavy atom. The standard InChI is InChI=1S/C27H29N3O4/c1-2-14-34-15-12-30-18-24(22-8-4-6-10-26(22)30)23(27(33)28-19-32)16-20-17-29(11-13-31)25-9-5-3-7-21(20)25/h3-10,16-19,31H,2,11-15H2,1H3,(H,28,32,33)/b23-16+. The van der Waals surface area contributed by atoms with Gasteiger partial charge in [0.05, 0.1) is 13.2 Å². The topological polar surface area (TPSA) is 85.5 Å². The number of aliphatic hydroxyl groups excluding tert-OH is 1. The number of nitrogens with zero attached hydrogens (tertiary/aromatic N) is 2. The van der Waals surface area contributed by atoms with Gasteiger partial charge in [0.1, 0.15) is 0 Å². The first kappa shape index (κ1) is 23.5. The molecule has 0 unspecified atom stereocenters. The Morgan fingerprint density at radius 3 is 2.35 bits per heavy atom. The van der Waals surface area contributed by atoms with Gasteiger partial charge in [-0.2, -0.15) is 0 Å². The van der Waals surface area contributed by atoms with Gasteiger partial charge >= 0.3 is 0 Å². The lowest BCUT2D eigenvalue weighted by atomic mass is 10.0. The second kappa shape index (κ2) is 11.0. The van der Waals surface area contributed by atoms with E-state index in [-0.39, 0.29) is 6.61 Å². The summed E-state index contributed by atoms with van der Waals surface area (Å²) in [5.41, 5.74) is 3.93. The van der Waals surface area contributed by atoms with Gasteiger partial charge < -0.3 is 19.0 Å². The van der Waals surface area contributed by atoms with E-state index in [2.05, 4.69) is 16.8 Å². The van der Waals surface area contributed by atoms with Crippen molar-refractivity contribution >= 4 is 45.8 Å². The first-order valence-electron chi connectivity index (χ1n) is 11.5. The summed E-state index contributed by atoms with van der Waals surface area (Å²) in [5.74, 6) is -0.473. The molecule has 2 N–H and O–H groups in total. The van der Waals surface area contributed by atoms with Crippen molar-refractivity contribution in [2.75, 3.05) is 19.8 Å². The molecule has 34 heavy (non-hydrogen) atoms. The summed E-state index contributed by atoms with van der Waals surface area (Å²) in [6.07, 6.45) is 7.05. The summed E-state index contributed by atoms with van der Waals surface area (Å²) >= 11 is 0. The van der Waals surface area contributed by atoms with Crippen LogP contribution in [-0.4, -0.2) is 46.4 Å². The monoisotopic (exact) mass is 459 g/mol. The molecule has 4 aromatic rings. The van der Waals surface area contributed by atoms with E-state index < -0.39 is 5.91 Å². The number of amides is 2. The molecule has 0 spiro atoms. The third-order valence-electron chi connectivity index (χ3n) is 5.80. The number of carbonyl (C=O) groups excluding carboxylic acids is 2. The number of fused-ring (bicyclic) bond motifs is 2. The Balaban J connectivity index is 1.85. The lowest BCUT2D eigenvalue weighted by Crippen LogP contribution is -2.22. The van der Waals surface area contributed by atoms with Crippen LogP contribution in [0.25, 0.3) is 33.5 Å². The van der Waals surface area contributed by atoms with E-state index >= 15 is 0 Å². The van der Waals surface area contributed by atoms with E-state index in [4.69, 9.17) is 4.74 Å². The summed E-state index contributed by atoms with van der Waals surface area (Å²) in [7, 11) is 0. The molecule has 0 atom stereocenters. The smallest absolute Gasteiger partial charge is 0.258 e. The second-order valence-corrected chi connectivity index (χ2v) is 8.03. The third-order valence-corrected chi connectivity index (χ3v) is 5.80. The fraction of sp³-hybridized carbons (Fsp3) is 0.259. The fourth-order valence-electron chi connectivity index (χ4n) is 4.29. The zero-order valence-electron chi connectivity index (χ0n) is 19.2. The van der Waals surface area contributed by atoms with Gasteiger partial charge in [0.25, 0.3) is 5.91 Å². The maximum Gasteiger partial charge on any atom is 0.258 e. The molecule has 7 heteroatoms. The Kier molecular flexibility index (Phi) is 7.57. The van der Waals surface area contributed by atoms with Crippen molar-refractivity contribution in [1.82, 2.24) is 14.5 Å². The molecule has 7 nitrogen and oxygen atoms in total. The van der Waals surface area contributed by atoms with Crippen LogP contribution < -0.4 is 5.32 Å². The molecular weight excluding hydrogens is 430 g/mol. The number of carbonyl (C=O) groups is 2. The Bertz CT molecular complexity index is 1330. The van der Waals surface area contributed by atoms with Crippen LogP contribution in [-0.2, 0) is 27.4 Å². The van der Waals surface area contributed by atoms with Crippen LogP contribution in [0, 0.1) is 0 Å². The van der Waals surface area contributed by atoms with Gasteiger partial charge in [-0.05, 0) is 24.6 Å². The lowest BCUT2D eigenvalue weighted by molar-refractivity contribution is -0.121. The Labute approximate surface area is 198 Å². The van der Waals surface area contributed by atoms with E-state index in [0.717, 1.165) is 39.4 Å². The second-order valence-electron chi connectivity index (χ2n) is 8.03. The quantitative estimate of drug-likeness (QED) is 0.203. The molecular formula is C27H29N3O4. The minimum absolute atomic E-state index is 0.00784. The molecule has 0 saturated heterocycles. The maximum atomic E-state index is 13.1. The summed E-state index contributed by atoms with van der Waals surface area (Å²) in [6, 6.07) is 15.7. The number of rotatable bonds is 11. The van der Waals surface area contributed by atoms with Gasteiger partial charge in [-0.25, -0.2) is 0 Å². The van der Waals surface area contributed by atoms with Crippen LogP contribution in [0.1, 0.15) is 24.5 Å². The van der Waals surface area contributed by atoms with Crippen LogP contribution in [0.3, 0.4) is 0 Å². The Morgan fingerprint density at radius 1 is 0.971 bits per heavy atom. The number of imide groups is 1. The number of ether oxygens (including phenoxy) is 1. The number of aliphatic hydroxyl groups is 1. The molecule has 0 saturated carbocycles. The highest BCUT2D eigenvalue weighted by Gasteiger charge is 2.19. The van der Waals surface area contributed by atoms with E-state index in [0.29, 0.717) is 38.3 Å². The average Bonchev–Trinajstić information content (AvgIpc) is 3.39. The number of benzene rings is 2. The minimum atomic E-state index is -0.473. The van der Waals surface area contributed by atoms with Gasteiger partial charge in [0.2, 0.25) is 6.41 Å². The fourth-order valence-corrected chi connectivity index (χ4v) is 4.29. The van der Waals surface area contributed by atoms with Crippen molar-refractivity contribution in [3.8, 4) is 0 Å². The molecule has 2 heterocycles. The Hall–Kier alpha value is -3.68. The van der Waals surface area contributed by atoms with E-state index in [9.17, 15) is 14.7 Å². The summed E-state index contributed by atoms with van der Waals surface area (Å²) in [6.45, 7) is 4.45. The molecule has 0 bridgehead atoms. The van der Waals surface area contributed by atoms with Crippen molar-refractivity contribution in [1.29, 1.82) is 0 Å². The summed E-state index contributed by atoms with van der Waals surface area (Å²) < 4.78 is 9.72. The van der Waals surface area contributed by atoms with Crippen LogP contribution >= 0.6 is 0 Å². The first-order valence-corrected chi connectivity index (χ1v) is 11.5.